The van der Waals surface area contributed by atoms with E-state index in [4.69, 9.17) is 21.3 Å². The van der Waals surface area contributed by atoms with Gasteiger partial charge in [0.15, 0.2) is 0 Å². The number of aryl methyl sites for hydroxylation is 1. The zero-order valence-corrected chi connectivity index (χ0v) is 24.2. The number of nitrogens with zero attached hydrogens (tertiary/aromatic N) is 1. The maximum Gasteiger partial charge on any atom is 0.217 e. The van der Waals surface area contributed by atoms with Gasteiger partial charge in [-0.15, -0.1) is 11.8 Å². The molecular formula is C30H32ClFN2O2S2. The van der Waals surface area contributed by atoms with Crippen molar-refractivity contribution in [2.24, 2.45) is 0 Å². The summed E-state index contributed by atoms with van der Waals surface area (Å²) in [5.41, 5.74) is 3.33. The largest absolute Gasteiger partial charge is 0.481 e. The van der Waals surface area contributed by atoms with Gasteiger partial charge in [0, 0.05) is 32.8 Å². The topological polar surface area (TPSA) is 54.4 Å². The smallest absolute Gasteiger partial charge is 0.217 e. The molecule has 0 bridgehead atoms. The lowest BCUT2D eigenvalue weighted by Crippen LogP contribution is -2.48. The van der Waals surface area contributed by atoms with Gasteiger partial charge in [0.05, 0.1) is 18.2 Å². The Balaban J connectivity index is 0.00000336. The molecule has 0 amide bonds. The molecular weight excluding hydrogens is 539 g/mol. The molecule has 200 valence electrons. The number of hydrogen-bond acceptors (Lipinski definition) is 5. The molecule has 0 radical (unpaired) electrons. The van der Waals surface area contributed by atoms with Gasteiger partial charge < -0.3 is 15.2 Å². The van der Waals surface area contributed by atoms with Crippen LogP contribution in [0.2, 0.25) is 5.02 Å². The van der Waals surface area contributed by atoms with Crippen molar-refractivity contribution in [2.75, 3.05) is 19.9 Å². The van der Waals surface area contributed by atoms with E-state index in [2.05, 4.69) is 17.4 Å². The normalized spacial score (nSPS) is 20.1. The molecule has 8 heteroatoms. The summed E-state index contributed by atoms with van der Waals surface area (Å²) in [6.07, 6.45) is 3.02. The van der Waals surface area contributed by atoms with Gasteiger partial charge in [0.25, 0.3) is 0 Å². The number of methoxy groups -OCH3 is 1. The first-order valence-electron chi connectivity index (χ1n) is 12.3. The number of rotatable bonds is 6. The van der Waals surface area contributed by atoms with E-state index in [9.17, 15) is 9.50 Å². The van der Waals surface area contributed by atoms with Crippen LogP contribution in [0.1, 0.15) is 47.1 Å². The van der Waals surface area contributed by atoms with E-state index in [-0.39, 0.29) is 25.4 Å². The molecule has 3 unspecified atom stereocenters. The molecule has 4 nitrogen and oxygen atoms in total. The quantitative estimate of drug-likeness (QED) is 0.241. The molecule has 1 aliphatic rings. The summed E-state index contributed by atoms with van der Waals surface area (Å²) >= 11 is 7.92. The Labute approximate surface area is 239 Å². The van der Waals surface area contributed by atoms with Crippen molar-refractivity contribution >= 4 is 47.8 Å². The minimum atomic E-state index is -1.12. The zero-order valence-electron chi connectivity index (χ0n) is 21.6. The van der Waals surface area contributed by atoms with E-state index in [0.717, 1.165) is 38.1 Å². The first-order valence-corrected chi connectivity index (χ1v) is 13.9. The van der Waals surface area contributed by atoms with Gasteiger partial charge in [-0.3, -0.25) is 0 Å². The van der Waals surface area contributed by atoms with Crippen molar-refractivity contribution in [3.8, 4) is 5.88 Å². The van der Waals surface area contributed by atoms with Crippen LogP contribution in [0.5, 0.6) is 5.88 Å². The Morgan fingerprint density at radius 3 is 2.58 bits per heavy atom. The van der Waals surface area contributed by atoms with Crippen LogP contribution in [0.4, 0.5) is 4.39 Å². The molecule has 1 aliphatic heterocycles. The molecule has 0 aliphatic carbocycles. The standard InChI is InChI=1S/C30H30ClFN2O2S.H2S/c1-18-14-22(32)8-10-24(18)27-17-30(35,12-13-33-27)28(19-4-6-21(31)7-5-19)25-16-20-15-23(37-3)9-11-26(20)34-29(25)36-2;/h4-11,14-16,27-28,33,35H,12-13,17H2,1-3H3;1H2. The van der Waals surface area contributed by atoms with Crippen molar-refractivity contribution in [1.82, 2.24) is 10.3 Å². The van der Waals surface area contributed by atoms with Crippen LogP contribution < -0.4 is 10.1 Å². The number of benzene rings is 3. The minimum Gasteiger partial charge on any atom is -0.481 e. The molecule has 2 N–H and O–H groups in total. The fraction of sp³-hybridized carbons (Fsp3) is 0.300. The van der Waals surface area contributed by atoms with E-state index in [0.29, 0.717) is 30.3 Å². The van der Waals surface area contributed by atoms with Crippen LogP contribution in [0.3, 0.4) is 0 Å². The summed E-state index contributed by atoms with van der Waals surface area (Å²) < 4.78 is 19.6. The van der Waals surface area contributed by atoms with Gasteiger partial charge in [-0.25, -0.2) is 9.37 Å². The number of piperidine rings is 1. The highest BCUT2D eigenvalue weighted by Gasteiger charge is 2.44. The van der Waals surface area contributed by atoms with Crippen molar-refractivity contribution < 1.29 is 14.2 Å². The number of pyridine rings is 1. The molecule has 3 aromatic carbocycles. The van der Waals surface area contributed by atoms with Gasteiger partial charge in [0.2, 0.25) is 5.88 Å². The van der Waals surface area contributed by atoms with Crippen LogP contribution >= 0.6 is 36.9 Å². The fourth-order valence-electron chi connectivity index (χ4n) is 5.59. The van der Waals surface area contributed by atoms with Crippen molar-refractivity contribution in [1.29, 1.82) is 0 Å². The maximum atomic E-state index is 13.8. The van der Waals surface area contributed by atoms with E-state index in [1.807, 2.05) is 55.6 Å². The zero-order chi connectivity index (χ0) is 26.2. The molecule has 2 heterocycles. The maximum absolute atomic E-state index is 13.8. The molecule has 0 spiro atoms. The van der Waals surface area contributed by atoms with E-state index < -0.39 is 11.5 Å². The number of aromatic nitrogens is 1. The van der Waals surface area contributed by atoms with E-state index >= 15 is 0 Å². The first kappa shape index (κ1) is 28.7. The second-order valence-electron chi connectivity index (χ2n) is 9.70. The van der Waals surface area contributed by atoms with Gasteiger partial charge in [0.1, 0.15) is 5.82 Å². The van der Waals surface area contributed by atoms with Crippen LogP contribution in [0.25, 0.3) is 10.9 Å². The predicted octanol–water partition coefficient (Wildman–Crippen LogP) is 7.17. The molecule has 1 saturated heterocycles. The minimum absolute atomic E-state index is 0. The van der Waals surface area contributed by atoms with E-state index in [1.165, 1.54) is 6.07 Å². The fourth-order valence-corrected chi connectivity index (χ4v) is 6.16. The SMILES string of the molecule is COc1nc2ccc(SC)cc2cc1C(c1ccc(Cl)cc1)C1(O)CCNC(c2ccc(F)cc2C)C1.S. The average molecular weight is 571 g/mol. The number of thioether (sulfide) groups is 1. The lowest BCUT2D eigenvalue weighted by Gasteiger charge is -2.44. The molecule has 0 saturated carbocycles. The lowest BCUT2D eigenvalue weighted by molar-refractivity contribution is -0.0197. The third-order valence-corrected chi connectivity index (χ3v) is 8.35. The summed E-state index contributed by atoms with van der Waals surface area (Å²) in [6, 6.07) is 20.6. The number of hydrogen-bond donors (Lipinski definition) is 2. The lowest BCUT2D eigenvalue weighted by atomic mass is 9.70. The van der Waals surface area contributed by atoms with Gasteiger partial charge in [-0.05, 0) is 97.8 Å². The summed E-state index contributed by atoms with van der Waals surface area (Å²) in [5, 5.41) is 17.6. The predicted molar refractivity (Wildman–Crippen MR) is 160 cm³/mol. The number of aliphatic hydroxyl groups is 1. The van der Waals surface area contributed by atoms with E-state index in [1.54, 1.807) is 24.9 Å². The van der Waals surface area contributed by atoms with Crippen molar-refractivity contribution in [3.63, 3.8) is 0 Å². The first-order chi connectivity index (χ1) is 17.8. The second-order valence-corrected chi connectivity index (χ2v) is 11.0. The molecule has 3 atom stereocenters. The third kappa shape index (κ3) is 5.68. The summed E-state index contributed by atoms with van der Waals surface area (Å²) in [6.45, 7) is 2.52. The Morgan fingerprint density at radius 2 is 1.89 bits per heavy atom. The Bertz CT molecular complexity index is 1440. The molecule has 4 aromatic rings. The van der Waals surface area contributed by atoms with Crippen LogP contribution in [0, 0.1) is 12.7 Å². The molecule has 38 heavy (non-hydrogen) atoms. The molecule has 1 aromatic heterocycles. The number of ether oxygens (including phenoxy) is 1. The Morgan fingerprint density at radius 1 is 1.13 bits per heavy atom. The molecule has 1 fully saturated rings. The van der Waals surface area contributed by atoms with Gasteiger partial charge >= 0.3 is 0 Å². The van der Waals surface area contributed by atoms with Crippen molar-refractivity contribution in [2.45, 2.75) is 42.2 Å². The number of fused-ring (bicyclic) bond motifs is 1. The number of nitrogens with one attached hydrogen (secondary N) is 1. The molecule has 5 rings (SSSR count). The average Bonchev–Trinajstić information content (AvgIpc) is 2.89. The highest BCUT2D eigenvalue weighted by atomic mass is 35.5. The Hall–Kier alpha value is -2.29. The monoisotopic (exact) mass is 570 g/mol. The van der Waals surface area contributed by atoms with Crippen molar-refractivity contribution in [3.05, 3.63) is 99.8 Å². The summed E-state index contributed by atoms with van der Waals surface area (Å²) in [5.74, 6) is -0.186. The third-order valence-electron chi connectivity index (χ3n) is 7.37. The summed E-state index contributed by atoms with van der Waals surface area (Å²) in [4.78, 5) is 5.97. The van der Waals surface area contributed by atoms with Gasteiger partial charge in [-0.1, -0.05) is 29.8 Å². The van der Waals surface area contributed by atoms with Gasteiger partial charge in [-0.2, -0.15) is 13.5 Å². The highest BCUT2D eigenvalue weighted by molar-refractivity contribution is 7.98. The van der Waals surface area contributed by atoms with Crippen LogP contribution in [-0.4, -0.2) is 35.6 Å². The Kier molecular flexibility index (Phi) is 8.95. The number of halogens is 2. The van der Waals surface area contributed by atoms with Crippen LogP contribution in [0.15, 0.2) is 71.6 Å². The second kappa shape index (κ2) is 11.8. The van der Waals surface area contributed by atoms with Crippen LogP contribution in [-0.2, 0) is 0 Å². The summed E-state index contributed by atoms with van der Waals surface area (Å²) in [7, 11) is 1.62. The highest BCUT2D eigenvalue weighted by Crippen LogP contribution is 2.47.